The Labute approximate surface area is 166 Å². The number of carbonyl (C=O) groups excluding carboxylic acids is 1. The van der Waals surface area contributed by atoms with Crippen LogP contribution >= 0.6 is 0 Å². The lowest BCUT2D eigenvalue weighted by Crippen LogP contribution is -2.37. The number of amides is 1. The normalized spacial score (nSPS) is 11.8. The largest absolute Gasteiger partial charge is 0.444 e. The molecule has 1 aromatic heterocycles. The third-order valence-corrected chi connectivity index (χ3v) is 3.66. The molecular weight excluding hydrogens is 354 g/mol. The molecule has 1 heterocycles. The monoisotopic (exact) mass is 383 g/mol. The van der Waals surface area contributed by atoms with Crippen molar-refractivity contribution in [1.82, 2.24) is 9.88 Å². The van der Waals surface area contributed by atoms with Crippen LogP contribution in [0.1, 0.15) is 32.8 Å². The number of nitrogens with one attached hydrogen (secondary N) is 1. The molecule has 2 rings (SSSR count). The minimum absolute atomic E-state index is 0.349. The van der Waals surface area contributed by atoms with Crippen LogP contribution in [0.4, 0.5) is 10.5 Å². The van der Waals surface area contributed by atoms with Gasteiger partial charge in [-0.25, -0.2) is 4.79 Å². The molecule has 0 saturated heterocycles. The van der Waals surface area contributed by atoms with E-state index in [0.717, 1.165) is 11.3 Å². The first-order valence-corrected chi connectivity index (χ1v) is 9.32. The number of hydrogen-bond acceptors (Lipinski definition) is 4. The highest BCUT2D eigenvalue weighted by molar-refractivity contribution is 5.92. The average Bonchev–Trinajstić information content (AvgIpc) is 2.64. The Morgan fingerprint density at radius 2 is 1.96 bits per heavy atom. The molecule has 0 spiro atoms. The maximum atomic E-state index is 12.5. The number of rotatable bonds is 7. The molecule has 0 radical (unpaired) electrons. The second-order valence-electron chi connectivity index (χ2n) is 7.37. The molecule has 0 aliphatic heterocycles. The van der Waals surface area contributed by atoms with Gasteiger partial charge in [0.1, 0.15) is 5.60 Å². The summed E-state index contributed by atoms with van der Waals surface area (Å²) >= 11 is 0. The fraction of sp³-hybridized carbons (Fsp3) is 0.381. The van der Waals surface area contributed by atoms with Gasteiger partial charge in [-0.3, -0.25) is 9.98 Å². The van der Waals surface area contributed by atoms with E-state index in [1.54, 1.807) is 17.3 Å². The molecule has 0 saturated carbocycles. The van der Waals surface area contributed by atoms with Crippen molar-refractivity contribution in [2.45, 2.75) is 39.3 Å². The molecule has 7 heteroatoms. The van der Waals surface area contributed by atoms with E-state index in [1.165, 1.54) is 0 Å². The van der Waals surface area contributed by atoms with Gasteiger partial charge in [-0.1, -0.05) is 24.3 Å². The van der Waals surface area contributed by atoms with Crippen molar-refractivity contribution < 1.29 is 9.53 Å². The number of para-hydroxylation sites is 1. The Kier molecular flexibility index (Phi) is 7.80. The third-order valence-electron chi connectivity index (χ3n) is 3.66. The molecule has 0 aliphatic carbocycles. The van der Waals surface area contributed by atoms with Gasteiger partial charge in [-0.2, -0.15) is 0 Å². The predicted octanol–water partition coefficient (Wildman–Crippen LogP) is 3.64. The lowest BCUT2D eigenvalue weighted by atomic mass is 10.2. The summed E-state index contributed by atoms with van der Waals surface area (Å²) in [5.74, 6) is 0.349. The zero-order valence-corrected chi connectivity index (χ0v) is 16.8. The molecule has 0 atom stereocenters. The highest BCUT2D eigenvalue weighted by atomic mass is 16.6. The van der Waals surface area contributed by atoms with E-state index in [-0.39, 0.29) is 6.09 Å². The Hall–Kier alpha value is -3.09. The summed E-state index contributed by atoms with van der Waals surface area (Å²) in [6.45, 7) is 7.00. The standard InChI is InChI=1S/C21H29N5O2/c1-21(2,3)28-20(27)26(16-17-9-7-12-23-15-17)14-8-13-24-19(22)25-18-10-5-4-6-11-18/h4-7,9-12,15H,8,13-14,16H2,1-3H3,(H3,22,24,25). The quantitative estimate of drug-likeness (QED) is 0.433. The summed E-state index contributed by atoms with van der Waals surface area (Å²) in [6.07, 6.45) is 3.77. The second kappa shape index (κ2) is 10.3. The molecule has 7 nitrogen and oxygen atoms in total. The molecule has 3 N–H and O–H groups in total. The van der Waals surface area contributed by atoms with E-state index in [0.29, 0.717) is 32.0 Å². The number of carbonyl (C=O) groups is 1. The first-order valence-electron chi connectivity index (χ1n) is 9.32. The minimum atomic E-state index is -0.549. The van der Waals surface area contributed by atoms with Crippen LogP contribution in [0.3, 0.4) is 0 Å². The van der Waals surface area contributed by atoms with Crippen molar-refractivity contribution >= 4 is 17.7 Å². The van der Waals surface area contributed by atoms with Crippen LogP contribution in [0.25, 0.3) is 0 Å². The summed E-state index contributed by atoms with van der Waals surface area (Å²) in [5.41, 5.74) is 7.20. The van der Waals surface area contributed by atoms with Gasteiger partial charge in [-0.15, -0.1) is 0 Å². The van der Waals surface area contributed by atoms with Gasteiger partial charge in [-0.05, 0) is 51.0 Å². The lowest BCUT2D eigenvalue weighted by Gasteiger charge is -2.27. The number of ether oxygens (including phenoxy) is 1. The summed E-state index contributed by atoms with van der Waals surface area (Å²) < 4.78 is 5.52. The average molecular weight is 383 g/mol. The van der Waals surface area contributed by atoms with Gasteiger partial charge < -0.3 is 20.7 Å². The topological polar surface area (TPSA) is 92.8 Å². The Bertz CT molecular complexity index is 757. The number of benzene rings is 1. The molecule has 0 fully saturated rings. The van der Waals surface area contributed by atoms with Crippen molar-refractivity contribution in [2.24, 2.45) is 10.7 Å². The van der Waals surface area contributed by atoms with E-state index in [2.05, 4.69) is 15.3 Å². The van der Waals surface area contributed by atoms with Crippen LogP contribution in [-0.4, -0.2) is 40.6 Å². The zero-order valence-electron chi connectivity index (χ0n) is 16.8. The number of hydrogen-bond donors (Lipinski definition) is 2. The molecular formula is C21H29N5O2. The first-order chi connectivity index (χ1) is 13.3. The summed E-state index contributed by atoms with van der Waals surface area (Å²) in [6, 6.07) is 13.4. The number of nitrogens with two attached hydrogens (primary N) is 1. The van der Waals surface area contributed by atoms with Gasteiger partial charge in [0.15, 0.2) is 5.96 Å². The number of nitrogens with zero attached hydrogens (tertiary/aromatic N) is 3. The SMILES string of the molecule is CC(C)(C)OC(=O)N(CCCN=C(N)Nc1ccccc1)Cc1cccnc1. The number of guanidine groups is 1. The fourth-order valence-corrected chi connectivity index (χ4v) is 2.44. The van der Waals surface area contributed by atoms with Gasteiger partial charge >= 0.3 is 6.09 Å². The summed E-state index contributed by atoms with van der Waals surface area (Å²) in [5, 5.41) is 3.04. The van der Waals surface area contributed by atoms with Crippen molar-refractivity contribution in [3.05, 3.63) is 60.4 Å². The lowest BCUT2D eigenvalue weighted by molar-refractivity contribution is 0.0232. The molecule has 28 heavy (non-hydrogen) atoms. The highest BCUT2D eigenvalue weighted by Crippen LogP contribution is 2.13. The first kappa shape index (κ1) is 21.2. The molecule has 0 bridgehead atoms. The van der Waals surface area contributed by atoms with Crippen LogP contribution in [0.2, 0.25) is 0 Å². The molecule has 0 aliphatic rings. The maximum absolute atomic E-state index is 12.5. The minimum Gasteiger partial charge on any atom is -0.444 e. The molecule has 1 aromatic carbocycles. The van der Waals surface area contributed by atoms with Crippen molar-refractivity contribution in [1.29, 1.82) is 0 Å². The van der Waals surface area contributed by atoms with E-state index in [9.17, 15) is 4.79 Å². The second-order valence-corrected chi connectivity index (χ2v) is 7.37. The van der Waals surface area contributed by atoms with Crippen LogP contribution < -0.4 is 11.1 Å². The molecule has 150 valence electrons. The Morgan fingerprint density at radius 3 is 2.61 bits per heavy atom. The van der Waals surface area contributed by atoms with E-state index >= 15 is 0 Å². The van der Waals surface area contributed by atoms with Gasteiger partial charge in [0.05, 0.1) is 6.54 Å². The summed E-state index contributed by atoms with van der Waals surface area (Å²) in [7, 11) is 0. The van der Waals surface area contributed by atoms with E-state index in [1.807, 2.05) is 63.2 Å². The predicted molar refractivity (Wildman–Crippen MR) is 112 cm³/mol. The number of anilines is 1. The van der Waals surface area contributed by atoms with Crippen molar-refractivity contribution in [2.75, 3.05) is 18.4 Å². The Balaban J connectivity index is 1.90. The fourth-order valence-electron chi connectivity index (χ4n) is 2.44. The van der Waals surface area contributed by atoms with Crippen molar-refractivity contribution in [3.8, 4) is 0 Å². The zero-order chi connectivity index (χ0) is 20.4. The van der Waals surface area contributed by atoms with Gasteiger partial charge in [0.2, 0.25) is 0 Å². The van der Waals surface area contributed by atoms with Crippen LogP contribution in [0.5, 0.6) is 0 Å². The maximum Gasteiger partial charge on any atom is 0.410 e. The third kappa shape index (κ3) is 8.07. The van der Waals surface area contributed by atoms with Crippen LogP contribution in [0.15, 0.2) is 59.9 Å². The Morgan fingerprint density at radius 1 is 1.21 bits per heavy atom. The van der Waals surface area contributed by atoms with E-state index in [4.69, 9.17) is 10.5 Å². The molecule has 0 unspecified atom stereocenters. The number of pyridine rings is 1. The molecule has 1 amide bonds. The number of aromatic nitrogens is 1. The smallest absolute Gasteiger partial charge is 0.410 e. The van der Waals surface area contributed by atoms with Gasteiger partial charge in [0, 0.05) is 31.2 Å². The highest BCUT2D eigenvalue weighted by Gasteiger charge is 2.22. The van der Waals surface area contributed by atoms with Crippen LogP contribution in [0, 0.1) is 0 Å². The van der Waals surface area contributed by atoms with Crippen molar-refractivity contribution in [3.63, 3.8) is 0 Å². The number of aliphatic imine (C=N–C) groups is 1. The molecule has 2 aromatic rings. The van der Waals surface area contributed by atoms with E-state index < -0.39 is 5.60 Å². The summed E-state index contributed by atoms with van der Waals surface area (Å²) in [4.78, 5) is 22.6. The van der Waals surface area contributed by atoms with Crippen LogP contribution in [-0.2, 0) is 11.3 Å². The van der Waals surface area contributed by atoms with Gasteiger partial charge in [0.25, 0.3) is 0 Å².